The van der Waals surface area contributed by atoms with Crippen molar-refractivity contribution >= 4 is 49.2 Å². The second-order valence-electron chi connectivity index (χ2n) is 12.9. The maximum Gasteiger partial charge on any atom is 0.524 e. The first-order chi connectivity index (χ1) is 25.8. The molecule has 0 radical (unpaired) electrons. The van der Waals surface area contributed by atoms with E-state index in [9.17, 15) is 43.2 Å². The largest absolute Gasteiger partial charge is 0.524 e. The normalized spacial score (nSPS) is 13.2. The van der Waals surface area contributed by atoms with Crippen molar-refractivity contribution in [1.29, 1.82) is 0 Å². The molecule has 0 saturated carbocycles. The lowest BCUT2D eigenvalue weighted by Crippen LogP contribution is -2.58. The van der Waals surface area contributed by atoms with Gasteiger partial charge in [-0.1, -0.05) is 38.1 Å². The molecule has 20 heteroatoms. The molecule has 7 amide bonds. The number of primary amides is 1. The lowest BCUT2D eigenvalue weighted by Gasteiger charge is -2.33. The Kier molecular flexibility index (Phi) is 21.2. The predicted octanol–water partition coefficient (Wildman–Crippen LogP) is -0.939. The smallest absolute Gasteiger partial charge is 0.404 e. The standard InChI is InChI=1S/C35H54N7O12P/c1-6-8-16-37-33(48)28(21-43)41-35(50)29(18-22(3)4)42(17-9-7-2)31(46)20-38-32(47)26(14-15-30(36)45)40-34(49)27(39-23(5)44)19-24-10-12-25(13-11-24)54-55(51,52)53/h6-7,10-13,22,26-29,43H,1-2,8-9,14-21H2,3-5H3,(H2,36,45)(H,37,48)(H,38,47)(H,39,44)(H,40,49)(H,41,50)(H2,51,52,53)/t26-,27-,28-,29-/m0/s1. The second kappa shape index (κ2) is 24.3. The molecule has 4 atom stereocenters. The first-order valence-electron chi connectivity index (χ1n) is 17.5. The van der Waals surface area contributed by atoms with Gasteiger partial charge < -0.3 is 46.8 Å². The van der Waals surface area contributed by atoms with Crippen LogP contribution < -0.4 is 36.8 Å². The summed E-state index contributed by atoms with van der Waals surface area (Å²) in [5, 5.41) is 22.3. The van der Waals surface area contributed by atoms with Crippen LogP contribution >= 0.6 is 7.82 Å². The van der Waals surface area contributed by atoms with E-state index in [-0.39, 0.29) is 56.9 Å². The van der Waals surface area contributed by atoms with E-state index in [4.69, 9.17) is 15.5 Å². The number of carbonyl (C=O) groups is 7. The van der Waals surface area contributed by atoms with Gasteiger partial charge in [0.1, 0.15) is 29.9 Å². The SMILES string of the molecule is C=CCCNC(=O)[C@H](CO)NC(=O)[C@H](CC(C)C)N(CCC=C)C(=O)CNC(=O)[C@H](CCC(N)=O)NC(=O)[C@H](Cc1ccc(OP(=O)(O)O)cc1)NC(C)=O. The number of rotatable bonds is 26. The molecule has 0 bridgehead atoms. The van der Waals surface area contributed by atoms with Gasteiger partial charge in [-0.05, 0) is 49.3 Å². The number of phosphoric ester groups is 1. The summed E-state index contributed by atoms with van der Waals surface area (Å²) >= 11 is 0. The van der Waals surface area contributed by atoms with Crippen molar-refractivity contribution < 1.29 is 57.5 Å². The number of nitrogens with two attached hydrogens (primary N) is 1. The van der Waals surface area contributed by atoms with Crippen LogP contribution in [0.25, 0.3) is 0 Å². The van der Waals surface area contributed by atoms with Crippen molar-refractivity contribution in [3.05, 3.63) is 55.1 Å². The molecule has 0 aliphatic heterocycles. The van der Waals surface area contributed by atoms with Gasteiger partial charge in [0, 0.05) is 32.9 Å². The van der Waals surface area contributed by atoms with E-state index < -0.39 is 86.5 Å². The molecule has 19 nitrogen and oxygen atoms in total. The van der Waals surface area contributed by atoms with Crippen LogP contribution in [0.1, 0.15) is 58.4 Å². The summed E-state index contributed by atoms with van der Waals surface area (Å²) in [5.74, 6) is -5.41. The number of hydrogen-bond donors (Lipinski definition) is 9. The summed E-state index contributed by atoms with van der Waals surface area (Å²) in [6.45, 7) is 10.9. The van der Waals surface area contributed by atoms with Crippen molar-refractivity contribution in [3.8, 4) is 5.75 Å². The molecule has 0 aliphatic rings. The first kappa shape index (κ1) is 47.9. The fourth-order valence-electron chi connectivity index (χ4n) is 5.12. The minimum atomic E-state index is -4.82. The number of aliphatic hydroxyl groups excluding tert-OH is 1. The molecule has 0 aromatic heterocycles. The number of hydrogen-bond acceptors (Lipinski definition) is 10. The molecule has 0 fully saturated rings. The van der Waals surface area contributed by atoms with Gasteiger partial charge in [0.05, 0.1) is 13.2 Å². The monoisotopic (exact) mass is 795 g/mol. The zero-order valence-electron chi connectivity index (χ0n) is 31.3. The lowest BCUT2D eigenvalue weighted by atomic mass is 10.0. The van der Waals surface area contributed by atoms with Crippen LogP contribution in [-0.4, -0.2) is 112 Å². The van der Waals surface area contributed by atoms with Crippen LogP contribution in [0.3, 0.4) is 0 Å². The minimum Gasteiger partial charge on any atom is -0.404 e. The quantitative estimate of drug-likeness (QED) is 0.0312. The van der Waals surface area contributed by atoms with Gasteiger partial charge in [-0.3, -0.25) is 43.3 Å². The van der Waals surface area contributed by atoms with Crippen LogP contribution in [0.5, 0.6) is 5.75 Å². The summed E-state index contributed by atoms with van der Waals surface area (Å²) in [5.41, 5.74) is 5.74. The Morgan fingerprint density at radius 2 is 1.47 bits per heavy atom. The lowest BCUT2D eigenvalue weighted by molar-refractivity contribution is -0.142. The van der Waals surface area contributed by atoms with E-state index >= 15 is 0 Å². The van der Waals surface area contributed by atoms with E-state index in [0.717, 1.165) is 6.92 Å². The summed E-state index contributed by atoms with van der Waals surface area (Å²) < 4.78 is 15.6. The molecule has 306 valence electrons. The third-order valence-corrected chi connectivity index (χ3v) is 8.19. The Morgan fingerprint density at radius 3 is 2.00 bits per heavy atom. The van der Waals surface area contributed by atoms with Crippen LogP contribution in [-0.2, 0) is 44.5 Å². The maximum atomic E-state index is 13.7. The van der Waals surface area contributed by atoms with Crippen LogP contribution in [0, 0.1) is 5.92 Å². The minimum absolute atomic E-state index is 0.00494. The number of phosphoric acid groups is 1. The van der Waals surface area contributed by atoms with Crippen LogP contribution in [0.15, 0.2) is 49.6 Å². The summed E-state index contributed by atoms with van der Waals surface area (Å²) in [6, 6.07) is 0.211. The fourth-order valence-corrected chi connectivity index (χ4v) is 5.52. The summed E-state index contributed by atoms with van der Waals surface area (Å²) in [7, 11) is -4.82. The highest BCUT2D eigenvalue weighted by atomic mass is 31.2. The molecular weight excluding hydrogens is 741 g/mol. The van der Waals surface area contributed by atoms with E-state index in [1.807, 2.05) is 13.8 Å². The number of nitrogens with one attached hydrogen (secondary N) is 5. The molecule has 0 saturated heterocycles. The van der Waals surface area contributed by atoms with Crippen molar-refractivity contribution in [2.75, 3.05) is 26.2 Å². The Labute approximate surface area is 320 Å². The van der Waals surface area contributed by atoms with Gasteiger partial charge in [-0.25, -0.2) is 4.57 Å². The Bertz CT molecular complexity index is 1550. The van der Waals surface area contributed by atoms with Crippen molar-refractivity contribution in [2.45, 2.75) is 83.5 Å². The molecule has 1 aromatic rings. The average molecular weight is 796 g/mol. The van der Waals surface area contributed by atoms with Gasteiger partial charge in [0.25, 0.3) is 0 Å². The average Bonchev–Trinajstić information content (AvgIpc) is 3.10. The molecule has 55 heavy (non-hydrogen) atoms. The summed E-state index contributed by atoms with van der Waals surface area (Å²) in [6.07, 6.45) is 3.24. The van der Waals surface area contributed by atoms with Crippen molar-refractivity contribution in [1.82, 2.24) is 31.5 Å². The zero-order chi connectivity index (χ0) is 41.7. The number of nitrogens with zero attached hydrogens (tertiary/aromatic N) is 1. The number of aliphatic hydroxyl groups is 1. The molecule has 0 unspecified atom stereocenters. The molecule has 0 spiro atoms. The molecule has 0 aliphatic carbocycles. The van der Waals surface area contributed by atoms with Gasteiger partial charge in [-0.2, -0.15) is 0 Å². The second-order valence-corrected chi connectivity index (χ2v) is 14.1. The predicted molar refractivity (Wildman–Crippen MR) is 200 cm³/mol. The zero-order valence-corrected chi connectivity index (χ0v) is 32.2. The number of amides is 7. The molecule has 1 aromatic carbocycles. The molecule has 1 rings (SSSR count). The van der Waals surface area contributed by atoms with Gasteiger partial charge in [-0.15, -0.1) is 13.2 Å². The van der Waals surface area contributed by atoms with Crippen LogP contribution in [0.2, 0.25) is 0 Å². The van der Waals surface area contributed by atoms with E-state index in [0.29, 0.717) is 12.0 Å². The topological polar surface area (TPSA) is 296 Å². The third-order valence-electron chi connectivity index (χ3n) is 7.74. The number of carbonyl (C=O) groups excluding carboxylic acids is 7. The molecular formula is C35H54N7O12P. The van der Waals surface area contributed by atoms with Gasteiger partial charge in [0.2, 0.25) is 41.4 Å². The highest BCUT2D eigenvalue weighted by molar-refractivity contribution is 7.46. The highest BCUT2D eigenvalue weighted by Crippen LogP contribution is 2.37. The summed E-state index contributed by atoms with van der Waals surface area (Å²) in [4.78, 5) is 110. The van der Waals surface area contributed by atoms with E-state index in [1.165, 1.54) is 35.2 Å². The van der Waals surface area contributed by atoms with Gasteiger partial charge >= 0.3 is 7.82 Å². The van der Waals surface area contributed by atoms with E-state index in [1.54, 1.807) is 6.08 Å². The first-order valence-corrected chi connectivity index (χ1v) is 19.0. The Morgan fingerprint density at radius 1 is 0.873 bits per heavy atom. The van der Waals surface area contributed by atoms with Gasteiger partial charge in [0.15, 0.2) is 0 Å². The van der Waals surface area contributed by atoms with Crippen LogP contribution in [0.4, 0.5) is 0 Å². The molecule has 0 heterocycles. The van der Waals surface area contributed by atoms with E-state index in [2.05, 4.69) is 44.3 Å². The maximum absolute atomic E-state index is 13.7. The third kappa shape index (κ3) is 19.2. The Hall–Kier alpha value is -5.10. The fraction of sp³-hybridized carbons (Fsp3) is 0.514. The Balaban J connectivity index is 3.23. The highest BCUT2D eigenvalue weighted by Gasteiger charge is 2.34. The number of benzene rings is 1. The molecule has 10 N–H and O–H groups in total. The van der Waals surface area contributed by atoms with Crippen molar-refractivity contribution in [2.24, 2.45) is 11.7 Å². The van der Waals surface area contributed by atoms with Crippen molar-refractivity contribution in [3.63, 3.8) is 0 Å².